The van der Waals surface area contributed by atoms with Crippen LogP contribution in [0.25, 0.3) is 0 Å². The molecule has 0 fully saturated rings. The first-order valence-corrected chi connectivity index (χ1v) is 2.21. The van der Waals surface area contributed by atoms with E-state index < -0.39 is 22.9 Å². The van der Waals surface area contributed by atoms with Crippen molar-refractivity contribution >= 4 is 0 Å². The van der Waals surface area contributed by atoms with Gasteiger partial charge in [0.25, 0.3) is 0 Å². The summed E-state index contributed by atoms with van der Waals surface area (Å²) in [6.07, 6.45) is -11.4. The SMILES string of the molecule is NN(N(F)C(F)(F)F)C(F)(F)F. The summed E-state index contributed by atoms with van der Waals surface area (Å²) in [5.74, 6) is 3.72. The highest BCUT2D eigenvalue weighted by molar-refractivity contribution is 4.45. The Morgan fingerprint density at radius 3 is 1.25 bits per heavy atom. The highest BCUT2D eigenvalue weighted by Gasteiger charge is 2.51. The molecule has 0 aromatic carbocycles. The van der Waals surface area contributed by atoms with Crippen molar-refractivity contribution in [2.75, 3.05) is 0 Å². The fourth-order valence-electron chi connectivity index (χ4n) is 0.222. The molecule has 2 N–H and O–H groups in total. The molecule has 0 unspecified atom stereocenters. The number of halogens is 7. The van der Waals surface area contributed by atoms with Gasteiger partial charge in [-0.15, -0.1) is 4.48 Å². The monoisotopic (exact) mass is 201 g/mol. The van der Waals surface area contributed by atoms with Gasteiger partial charge in [-0.1, -0.05) is 0 Å². The number of alkyl halides is 6. The topological polar surface area (TPSA) is 32.5 Å². The maximum absolute atomic E-state index is 11.6. The number of rotatable bonds is 1. The molecule has 10 heteroatoms. The summed E-state index contributed by atoms with van der Waals surface area (Å²) >= 11 is 0. The van der Waals surface area contributed by atoms with Crippen LogP contribution in [-0.4, -0.2) is 22.9 Å². The van der Waals surface area contributed by atoms with Crippen molar-refractivity contribution in [3.8, 4) is 0 Å². The van der Waals surface area contributed by atoms with Crippen LogP contribution in [0.5, 0.6) is 0 Å². The summed E-state index contributed by atoms with van der Waals surface area (Å²) in [5.41, 5.74) is 0. The van der Waals surface area contributed by atoms with E-state index in [2.05, 4.69) is 5.84 Å². The molecule has 0 aliphatic heterocycles. The van der Waals surface area contributed by atoms with Crippen molar-refractivity contribution in [3.05, 3.63) is 0 Å². The minimum absolute atomic E-state index is 2.02. The number of hydrazine groups is 2. The second-order valence-electron chi connectivity index (χ2n) is 1.54. The van der Waals surface area contributed by atoms with Crippen LogP contribution in [-0.2, 0) is 0 Å². The van der Waals surface area contributed by atoms with Crippen LogP contribution in [0.4, 0.5) is 30.8 Å². The van der Waals surface area contributed by atoms with Crippen LogP contribution in [0, 0.1) is 0 Å². The molecule has 0 rings (SSSR count). The summed E-state index contributed by atoms with van der Waals surface area (Å²) in [4.78, 5) is 0. The van der Waals surface area contributed by atoms with Crippen molar-refractivity contribution in [2.24, 2.45) is 5.84 Å². The van der Waals surface area contributed by atoms with E-state index in [9.17, 15) is 30.8 Å². The lowest BCUT2D eigenvalue weighted by Gasteiger charge is -2.25. The van der Waals surface area contributed by atoms with Crippen LogP contribution in [0.15, 0.2) is 0 Å². The minimum atomic E-state index is -5.82. The number of hydrogen-bond acceptors (Lipinski definition) is 3. The van der Waals surface area contributed by atoms with Crippen molar-refractivity contribution in [2.45, 2.75) is 12.6 Å². The zero-order chi connectivity index (χ0) is 10.2. The van der Waals surface area contributed by atoms with E-state index >= 15 is 0 Å². The predicted octanol–water partition coefficient (Wildman–Crippen LogP) is 1.30. The minimum Gasteiger partial charge on any atom is -0.245 e. The fraction of sp³-hybridized carbons (Fsp3) is 1.00. The van der Waals surface area contributed by atoms with Gasteiger partial charge in [0.2, 0.25) is 0 Å². The van der Waals surface area contributed by atoms with Crippen LogP contribution >= 0.6 is 0 Å². The number of hydrogen-bond donors (Lipinski definition) is 1. The third-order valence-corrected chi connectivity index (χ3v) is 0.658. The van der Waals surface area contributed by atoms with Crippen LogP contribution in [0.2, 0.25) is 0 Å². The highest BCUT2D eigenvalue weighted by Crippen LogP contribution is 2.28. The Kier molecular flexibility index (Phi) is 2.88. The third kappa shape index (κ3) is 2.79. The molecule has 0 aliphatic rings. The predicted molar refractivity (Wildman–Crippen MR) is 21.1 cm³/mol. The van der Waals surface area contributed by atoms with Crippen molar-refractivity contribution in [3.63, 3.8) is 0 Å². The molecule has 12 heavy (non-hydrogen) atoms. The van der Waals surface area contributed by atoms with E-state index in [1.807, 2.05) is 0 Å². The van der Waals surface area contributed by atoms with Gasteiger partial charge in [-0.25, -0.2) is 5.84 Å². The summed E-state index contributed by atoms with van der Waals surface area (Å²) in [7, 11) is 0. The van der Waals surface area contributed by atoms with Crippen LogP contribution in [0.1, 0.15) is 0 Å². The lowest BCUT2D eigenvalue weighted by molar-refractivity contribution is -0.457. The van der Waals surface area contributed by atoms with E-state index in [1.165, 1.54) is 0 Å². The second kappa shape index (κ2) is 3.03. The molecule has 74 valence electrons. The number of nitrogens with zero attached hydrogens (tertiary/aromatic N) is 2. The molecule has 3 nitrogen and oxygen atoms in total. The van der Waals surface area contributed by atoms with Gasteiger partial charge >= 0.3 is 12.6 Å². The smallest absolute Gasteiger partial charge is 0.245 e. The summed E-state index contributed by atoms with van der Waals surface area (Å²) in [5, 5.41) is -4.60. The third-order valence-electron chi connectivity index (χ3n) is 0.658. The van der Waals surface area contributed by atoms with E-state index in [0.29, 0.717) is 0 Å². The average molecular weight is 201 g/mol. The first kappa shape index (κ1) is 11.4. The van der Waals surface area contributed by atoms with Gasteiger partial charge in [0.05, 0.1) is 0 Å². The molecule has 0 saturated heterocycles. The Morgan fingerprint density at radius 2 is 1.17 bits per heavy atom. The van der Waals surface area contributed by atoms with E-state index in [0.717, 1.165) is 0 Å². The van der Waals surface area contributed by atoms with E-state index in [1.54, 1.807) is 0 Å². The van der Waals surface area contributed by atoms with Gasteiger partial charge in [-0.2, -0.15) is 26.3 Å². The Bertz CT molecular complexity index is 130. The van der Waals surface area contributed by atoms with Gasteiger partial charge in [-0.3, -0.25) is 0 Å². The molecule has 0 aromatic rings. The molecule has 0 radical (unpaired) electrons. The van der Waals surface area contributed by atoms with Crippen molar-refractivity contribution in [1.29, 1.82) is 0 Å². The van der Waals surface area contributed by atoms with Gasteiger partial charge < -0.3 is 0 Å². The van der Waals surface area contributed by atoms with Crippen LogP contribution < -0.4 is 5.84 Å². The fourth-order valence-corrected chi connectivity index (χ4v) is 0.222. The van der Waals surface area contributed by atoms with E-state index in [4.69, 9.17) is 0 Å². The Labute approximate surface area is 61.0 Å². The normalized spacial score (nSPS) is 14.5. The van der Waals surface area contributed by atoms with Gasteiger partial charge in [0.1, 0.15) is 0 Å². The quantitative estimate of drug-likeness (QED) is 0.228. The summed E-state index contributed by atoms with van der Waals surface area (Å²) < 4.78 is 78.8. The maximum atomic E-state index is 11.6. The molecule has 0 atom stereocenters. The Morgan fingerprint density at radius 1 is 0.833 bits per heavy atom. The zero-order valence-corrected chi connectivity index (χ0v) is 5.12. The molecule has 0 aliphatic carbocycles. The standard InChI is InChI=1S/C2H2F7N3/c3-1(4,5)11(9)12(10)2(6,7)8/h10H2. The Hall–Kier alpha value is -0.610. The molecular formula is C2H2F7N3. The van der Waals surface area contributed by atoms with Crippen molar-refractivity contribution in [1.82, 2.24) is 10.3 Å². The molecule has 0 bridgehead atoms. The lowest BCUT2D eigenvalue weighted by atomic mass is 11.1. The van der Waals surface area contributed by atoms with Gasteiger partial charge in [-0.05, 0) is 5.12 Å². The molecule has 0 aromatic heterocycles. The highest BCUT2D eigenvalue weighted by atomic mass is 19.4. The molecule has 0 amide bonds. The zero-order valence-electron chi connectivity index (χ0n) is 5.12. The maximum Gasteiger partial charge on any atom is 0.503 e. The van der Waals surface area contributed by atoms with E-state index in [-0.39, 0.29) is 0 Å². The van der Waals surface area contributed by atoms with Gasteiger partial charge in [0.15, 0.2) is 0 Å². The van der Waals surface area contributed by atoms with Crippen molar-refractivity contribution < 1.29 is 30.8 Å². The summed E-state index contributed by atoms with van der Waals surface area (Å²) in [6, 6.07) is 0. The average Bonchev–Trinajstić information content (AvgIpc) is 1.80. The van der Waals surface area contributed by atoms with Crippen LogP contribution in [0.3, 0.4) is 0 Å². The molecule has 0 saturated carbocycles. The second-order valence-corrected chi connectivity index (χ2v) is 1.54. The largest absolute Gasteiger partial charge is 0.503 e. The summed E-state index contributed by atoms with van der Waals surface area (Å²) in [6.45, 7) is 0. The Balaban J connectivity index is 4.41. The molecular weight excluding hydrogens is 199 g/mol. The lowest BCUT2D eigenvalue weighted by Crippen LogP contribution is -2.56. The first-order chi connectivity index (χ1) is 5.07. The first-order valence-electron chi connectivity index (χ1n) is 2.21. The number of nitrogens with two attached hydrogens (primary N) is 1. The van der Waals surface area contributed by atoms with Gasteiger partial charge in [0, 0.05) is 5.23 Å². The molecule has 0 heterocycles. The molecule has 0 spiro atoms.